The van der Waals surface area contributed by atoms with Gasteiger partial charge in [-0.15, -0.1) is 0 Å². The lowest BCUT2D eigenvalue weighted by atomic mass is 10.0. The second-order valence-electron chi connectivity index (χ2n) is 4.50. The molecule has 6 nitrogen and oxygen atoms in total. The quantitative estimate of drug-likeness (QED) is 0.930. The Bertz CT molecular complexity index is 633. The summed E-state index contributed by atoms with van der Waals surface area (Å²) in [5, 5.41) is 2.50. The normalized spacial score (nSPS) is 17.8. The van der Waals surface area contributed by atoms with E-state index in [1.54, 1.807) is 0 Å². The highest BCUT2D eigenvalue weighted by molar-refractivity contribution is 5.94. The van der Waals surface area contributed by atoms with Gasteiger partial charge < -0.3 is 14.8 Å². The minimum atomic E-state index is -1.02. The molecule has 1 aliphatic rings. The Labute approximate surface area is 125 Å². The van der Waals surface area contributed by atoms with Gasteiger partial charge in [-0.25, -0.2) is 18.4 Å². The van der Waals surface area contributed by atoms with Crippen LogP contribution in [0.3, 0.4) is 0 Å². The van der Waals surface area contributed by atoms with Crippen LogP contribution >= 0.6 is 0 Å². The summed E-state index contributed by atoms with van der Waals surface area (Å²) in [7, 11) is 2.54. The van der Waals surface area contributed by atoms with E-state index in [9.17, 15) is 18.4 Å². The van der Waals surface area contributed by atoms with Crippen molar-refractivity contribution >= 4 is 12.1 Å². The van der Waals surface area contributed by atoms with E-state index in [0.29, 0.717) is 5.56 Å². The van der Waals surface area contributed by atoms with Crippen molar-refractivity contribution in [2.45, 2.75) is 6.04 Å². The molecule has 3 amide bonds. The molecule has 1 aromatic carbocycles. The molecule has 22 heavy (non-hydrogen) atoms. The number of methoxy groups -OCH3 is 2. The van der Waals surface area contributed by atoms with Gasteiger partial charge in [0.25, 0.3) is 0 Å². The molecule has 0 aliphatic carbocycles. The monoisotopic (exact) mass is 312 g/mol. The first-order chi connectivity index (χ1) is 10.5. The molecule has 0 spiro atoms. The van der Waals surface area contributed by atoms with Crippen LogP contribution in [0.5, 0.6) is 0 Å². The molecule has 1 unspecified atom stereocenters. The van der Waals surface area contributed by atoms with Crippen molar-refractivity contribution in [2.24, 2.45) is 0 Å². The van der Waals surface area contributed by atoms with Crippen LogP contribution in [-0.4, -0.2) is 37.9 Å². The van der Waals surface area contributed by atoms with Crippen LogP contribution in [0.4, 0.5) is 18.4 Å². The van der Waals surface area contributed by atoms with Crippen LogP contribution in [-0.2, 0) is 9.47 Å². The maximum atomic E-state index is 13.3. The summed E-state index contributed by atoms with van der Waals surface area (Å²) in [6, 6.07) is 1.84. The highest BCUT2D eigenvalue weighted by Gasteiger charge is 2.33. The smallest absolute Gasteiger partial charge is 0.422 e. The molecule has 1 aliphatic heterocycles. The molecule has 0 saturated heterocycles. The lowest BCUT2D eigenvalue weighted by Crippen LogP contribution is -2.48. The Morgan fingerprint density at radius 2 is 2.05 bits per heavy atom. The maximum absolute atomic E-state index is 13.3. The summed E-state index contributed by atoms with van der Waals surface area (Å²) >= 11 is 0. The van der Waals surface area contributed by atoms with Crippen molar-refractivity contribution in [2.75, 3.05) is 20.8 Å². The van der Waals surface area contributed by atoms with Crippen LogP contribution < -0.4 is 5.32 Å². The molecule has 1 heterocycles. The number of ether oxygens (including phenoxy) is 2. The molecule has 0 radical (unpaired) electrons. The predicted octanol–water partition coefficient (Wildman–Crippen LogP) is 2.33. The Hall–Kier alpha value is -2.48. The topological polar surface area (TPSA) is 67.9 Å². The molecular weight excluding hydrogens is 298 g/mol. The van der Waals surface area contributed by atoms with Gasteiger partial charge in [0, 0.05) is 7.11 Å². The number of nitrogens with zero attached hydrogens (tertiary/aromatic N) is 1. The fourth-order valence-electron chi connectivity index (χ4n) is 2.07. The summed E-state index contributed by atoms with van der Waals surface area (Å²) in [4.78, 5) is 24.5. The number of urea groups is 1. The fraction of sp³-hybridized carbons (Fsp3) is 0.286. The van der Waals surface area contributed by atoms with Crippen molar-refractivity contribution < 1.29 is 27.8 Å². The standard InChI is InChI=1S/C14H14F2N2O4/c1-21-7-9-6-12(8-3-4-10(15)11(16)5-8)17-13(19)18(9)14(20)22-2/h3-6,12H,7H2,1-2H3,(H,17,19). The molecule has 0 bridgehead atoms. The molecular formula is C14H14F2N2O4. The second-order valence-corrected chi connectivity index (χ2v) is 4.50. The van der Waals surface area contributed by atoms with Gasteiger partial charge >= 0.3 is 12.1 Å². The zero-order valence-electron chi connectivity index (χ0n) is 11.9. The first-order valence-electron chi connectivity index (χ1n) is 6.31. The number of carbonyl (C=O) groups excluding carboxylic acids is 2. The van der Waals surface area contributed by atoms with Crippen molar-refractivity contribution in [1.82, 2.24) is 10.2 Å². The average molecular weight is 312 g/mol. The number of hydrogen-bond acceptors (Lipinski definition) is 4. The number of hydrogen-bond donors (Lipinski definition) is 1. The molecule has 0 fully saturated rings. The number of nitrogens with one attached hydrogen (secondary N) is 1. The zero-order valence-corrected chi connectivity index (χ0v) is 11.9. The van der Waals surface area contributed by atoms with Gasteiger partial charge in [-0.2, -0.15) is 4.90 Å². The Morgan fingerprint density at radius 3 is 2.64 bits per heavy atom. The highest BCUT2D eigenvalue weighted by atomic mass is 19.2. The molecule has 2 rings (SSSR count). The van der Waals surface area contributed by atoms with Crippen LogP contribution in [0.25, 0.3) is 0 Å². The summed E-state index contributed by atoms with van der Waals surface area (Å²) in [5.74, 6) is -2.01. The average Bonchev–Trinajstić information content (AvgIpc) is 2.49. The van der Waals surface area contributed by atoms with E-state index in [1.807, 2.05) is 0 Å². The maximum Gasteiger partial charge on any atom is 0.422 e. The number of benzene rings is 1. The SMILES string of the molecule is COCC1=CC(c2ccc(F)c(F)c2)NC(=O)N1C(=O)OC. The molecule has 0 aromatic heterocycles. The lowest BCUT2D eigenvalue weighted by Gasteiger charge is -2.30. The van der Waals surface area contributed by atoms with Crippen LogP contribution in [0, 0.1) is 11.6 Å². The number of carbonyl (C=O) groups is 2. The van der Waals surface area contributed by atoms with Crippen LogP contribution in [0.2, 0.25) is 0 Å². The second kappa shape index (κ2) is 6.52. The molecule has 8 heteroatoms. The number of amides is 3. The Morgan fingerprint density at radius 1 is 1.32 bits per heavy atom. The van der Waals surface area contributed by atoms with Crippen molar-refractivity contribution in [3.63, 3.8) is 0 Å². The Kier molecular flexibility index (Phi) is 4.71. The van der Waals surface area contributed by atoms with Crippen molar-refractivity contribution in [3.8, 4) is 0 Å². The van der Waals surface area contributed by atoms with Crippen LogP contribution in [0.1, 0.15) is 11.6 Å². The fourth-order valence-corrected chi connectivity index (χ4v) is 2.07. The van der Waals surface area contributed by atoms with Gasteiger partial charge in [0.2, 0.25) is 0 Å². The van der Waals surface area contributed by atoms with Gasteiger partial charge in [0.05, 0.1) is 25.5 Å². The zero-order chi connectivity index (χ0) is 16.3. The number of imide groups is 1. The summed E-state index contributed by atoms with van der Waals surface area (Å²) in [6.07, 6.45) is 0.638. The summed E-state index contributed by atoms with van der Waals surface area (Å²) < 4.78 is 35.8. The highest BCUT2D eigenvalue weighted by Crippen LogP contribution is 2.25. The molecule has 118 valence electrons. The first-order valence-corrected chi connectivity index (χ1v) is 6.31. The van der Waals surface area contributed by atoms with Gasteiger partial charge in [0.1, 0.15) is 0 Å². The van der Waals surface area contributed by atoms with E-state index in [0.717, 1.165) is 24.1 Å². The largest absolute Gasteiger partial charge is 0.452 e. The first kappa shape index (κ1) is 15.9. The van der Waals surface area contributed by atoms with E-state index in [4.69, 9.17) is 4.74 Å². The summed E-state index contributed by atoms with van der Waals surface area (Å²) in [6.45, 7) is -0.0251. The van der Waals surface area contributed by atoms with Crippen molar-refractivity contribution in [1.29, 1.82) is 0 Å². The lowest BCUT2D eigenvalue weighted by molar-refractivity contribution is 0.125. The minimum Gasteiger partial charge on any atom is -0.452 e. The Balaban J connectivity index is 2.38. The third-order valence-electron chi connectivity index (χ3n) is 3.08. The van der Waals surface area contributed by atoms with E-state index < -0.39 is 29.8 Å². The molecule has 1 aromatic rings. The molecule has 0 saturated carbocycles. The van der Waals surface area contributed by atoms with Crippen molar-refractivity contribution in [3.05, 3.63) is 47.2 Å². The van der Waals surface area contributed by atoms with E-state index >= 15 is 0 Å². The minimum absolute atomic E-state index is 0.0251. The number of halogens is 2. The van der Waals surface area contributed by atoms with Gasteiger partial charge in [-0.3, -0.25) is 0 Å². The van der Waals surface area contributed by atoms with Gasteiger partial charge in [-0.1, -0.05) is 6.07 Å². The number of rotatable bonds is 3. The van der Waals surface area contributed by atoms with Crippen LogP contribution in [0.15, 0.2) is 30.0 Å². The summed E-state index contributed by atoms with van der Waals surface area (Å²) in [5.41, 5.74) is 0.582. The molecule has 1 N–H and O–H groups in total. The van der Waals surface area contributed by atoms with Gasteiger partial charge in [0.15, 0.2) is 11.6 Å². The third-order valence-corrected chi connectivity index (χ3v) is 3.08. The van der Waals surface area contributed by atoms with E-state index in [2.05, 4.69) is 10.1 Å². The van der Waals surface area contributed by atoms with E-state index in [-0.39, 0.29) is 12.3 Å². The predicted molar refractivity (Wildman–Crippen MR) is 71.8 cm³/mol. The molecule has 1 atom stereocenters. The third kappa shape index (κ3) is 3.06. The van der Waals surface area contributed by atoms with Gasteiger partial charge in [-0.05, 0) is 23.8 Å². The van der Waals surface area contributed by atoms with E-state index in [1.165, 1.54) is 19.3 Å².